The Hall–Kier alpha value is -0.460. The van der Waals surface area contributed by atoms with Gasteiger partial charge in [0.2, 0.25) is 0 Å². The standard InChI is InChI=1S/C11H19NO3S2/c1-10(16-6-7-17(2,13)14)8-12-9-11-4-3-5-15-11/h3-5,10,12H,6-9H2,1-2H3. The maximum Gasteiger partial charge on any atom is 0.148 e. The second-order valence-corrected chi connectivity index (χ2v) is 7.83. The van der Waals surface area contributed by atoms with E-state index < -0.39 is 9.84 Å². The lowest BCUT2D eigenvalue weighted by Gasteiger charge is -2.11. The van der Waals surface area contributed by atoms with Crippen molar-refractivity contribution < 1.29 is 12.8 Å². The van der Waals surface area contributed by atoms with Crippen molar-refractivity contribution in [1.82, 2.24) is 5.32 Å². The molecule has 1 unspecified atom stereocenters. The Morgan fingerprint density at radius 3 is 2.88 bits per heavy atom. The molecular formula is C11H19NO3S2. The Kier molecular flexibility index (Phi) is 6.08. The molecule has 0 aliphatic carbocycles. The highest BCUT2D eigenvalue weighted by molar-refractivity contribution is 8.01. The van der Waals surface area contributed by atoms with E-state index in [2.05, 4.69) is 12.2 Å². The fourth-order valence-electron chi connectivity index (χ4n) is 1.27. The van der Waals surface area contributed by atoms with E-state index in [4.69, 9.17) is 4.42 Å². The Balaban J connectivity index is 2.07. The van der Waals surface area contributed by atoms with Crippen molar-refractivity contribution in [3.05, 3.63) is 24.2 Å². The number of nitrogens with one attached hydrogen (secondary N) is 1. The SMILES string of the molecule is CC(CNCc1ccco1)SCCS(C)(=O)=O. The van der Waals surface area contributed by atoms with Gasteiger partial charge in [0.05, 0.1) is 18.6 Å². The van der Waals surface area contributed by atoms with Crippen LogP contribution in [-0.4, -0.2) is 38.0 Å². The number of hydrogen-bond donors (Lipinski definition) is 1. The van der Waals surface area contributed by atoms with Gasteiger partial charge in [0, 0.05) is 23.8 Å². The van der Waals surface area contributed by atoms with Crippen LogP contribution in [-0.2, 0) is 16.4 Å². The molecule has 0 saturated heterocycles. The molecule has 0 aromatic carbocycles. The predicted octanol–water partition coefficient (Wildman–Crippen LogP) is 1.54. The van der Waals surface area contributed by atoms with Gasteiger partial charge < -0.3 is 9.73 Å². The van der Waals surface area contributed by atoms with Crippen LogP contribution in [0.4, 0.5) is 0 Å². The number of thioether (sulfide) groups is 1. The second kappa shape index (κ2) is 7.08. The molecule has 1 atom stereocenters. The van der Waals surface area contributed by atoms with Crippen molar-refractivity contribution in [3.8, 4) is 0 Å². The fourth-order valence-corrected chi connectivity index (χ4v) is 3.51. The normalized spacial score (nSPS) is 13.8. The molecule has 98 valence electrons. The van der Waals surface area contributed by atoms with Gasteiger partial charge in [-0.05, 0) is 12.1 Å². The average Bonchev–Trinajstić information content (AvgIpc) is 2.68. The minimum atomic E-state index is -2.83. The molecule has 1 aromatic heterocycles. The number of hydrogen-bond acceptors (Lipinski definition) is 5. The minimum absolute atomic E-state index is 0.250. The third-order valence-electron chi connectivity index (χ3n) is 2.17. The van der Waals surface area contributed by atoms with E-state index in [-0.39, 0.29) is 5.75 Å². The molecular weight excluding hydrogens is 258 g/mol. The van der Waals surface area contributed by atoms with Crippen molar-refractivity contribution in [3.63, 3.8) is 0 Å². The van der Waals surface area contributed by atoms with E-state index in [1.54, 1.807) is 18.0 Å². The second-order valence-electron chi connectivity index (χ2n) is 4.02. The zero-order chi connectivity index (χ0) is 12.7. The fraction of sp³-hybridized carbons (Fsp3) is 0.636. The number of rotatable bonds is 8. The average molecular weight is 277 g/mol. The first-order chi connectivity index (χ1) is 7.97. The Morgan fingerprint density at radius 2 is 2.29 bits per heavy atom. The molecule has 4 nitrogen and oxygen atoms in total. The third kappa shape index (κ3) is 7.46. The van der Waals surface area contributed by atoms with Crippen molar-refractivity contribution in [2.24, 2.45) is 0 Å². The zero-order valence-corrected chi connectivity index (χ0v) is 11.8. The molecule has 1 heterocycles. The van der Waals surface area contributed by atoms with Gasteiger partial charge in [-0.25, -0.2) is 8.42 Å². The van der Waals surface area contributed by atoms with E-state index in [0.717, 1.165) is 12.3 Å². The van der Waals surface area contributed by atoms with Crippen LogP contribution in [0.1, 0.15) is 12.7 Å². The Labute approximate surface area is 107 Å². The van der Waals surface area contributed by atoms with Crippen LogP contribution in [0.2, 0.25) is 0 Å². The van der Waals surface area contributed by atoms with Crippen LogP contribution >= 0.6 is 11.8 Å². The quantitative estimate of drug-likeness (QED) is 0.781. The Morgan fingerprint density at radius 1 is 1.53 bits per heavy atom. The van der Waals surface area contributed by atoms with E-state index in [1.165, 1.54) is 6.26 Å². The zero-order valence-electron chi connectivity index (χ0n) is 10.2. The lowest BCUT2D eigenvalue weighted by atomic mass is 10.4. The van der Waals surface area contributed by atoms with E-state index in [1.807, 2.05) is 12.1 Å². The lowest BCUT2D eigenvalue weighted by Crippen LogP contribution is -2.23. The van der Waals surface area contributed by atoms with Crippen LogP contribution < -0.4 is 5.32 Å². The van der Waals surface area contributed by atoms with Gasteiger partial charge in [-0.3, -0.25) is 0 Å². The monoisotopic (exact) mass is 277 g/mol. The van der Waals surface area contributed by atoms with E-state index in [9.17, 15) is 8.42 Å². The summed E-state index contributed by atoms with van der Waals surface area (Å²) in [5.41, 5.74) is 0. The van der Waals surface area contributed by atoms with E-state index >= 15 is 0 Å². The van der Waals surface area contributed by atoms with Crippen LogP contribution in [0, 0.1) is 0 Å². The van der Waals surface area contributed by atoms with Crippen molar-refractivity contribution in [2.45, 2.75) is 18.7 Å². The predicted molar refractivity (Wildman–Crippen MR) is 72.0 cm³/mol. The lowest BCUT2D eigenvalue weighted by molar-refractivity contribution is 0.484. The minimum Gasteiger partial charge on any atom is -0.468 e. The molecule has 0 bridgehead atoms. The Bertz CT molecular complexity index is 400. The van der Waals surface area contributed by atoms with Gasteiger partial charge in [-0.15, -0.1) is 0 Å². The van der Waals surface area contributed by atoms with Gasteiger partial charge in [-0.2, -0.15) is 11.8 Å². The summed E-state index contributed by atoms with van der Waals surface area (Å²) in [4.78, 5) is 0. The van der Waals surface area contributed by atoms with Crippen molar-refractivity contribution in [2.75, 3.05) is 24.3 Å². The molecule has 0 aliphatic heterocycles. The molecule has 0 radical (unpaired) electrons. The molecule has 0 spiro atoms. The molecule has 1 rings (SSSR count). The molecule has 1 aromatic rings. The highest BCUT2D eigenvalue weighted by Crippen LogP contribution is 2.10. The summed E-state index contributed by atoms with van der Waals surface area (Å²) in [7, 11) is -2.83. The molecule has 0 aliphatic rings. The van der Waals surface area contributed by atoms with Crippen LogP contribution in [0.25, 0.3) is 0 Å². The van der Waals surface area contributed by atoms with Gasteiger partial charge in [0.15, 0.2) is 0 Å². The summed E-state index contributed by atoms with van der Waals surface area (Å²) < 4.78 is 27.1. The number of sulfone groups is 1. The molecule has 6 heteroatoms. The summed E-state index contributed by atoms with van der Waals surface area (Å²) in [6.07, 6.45) is 2.93. The van der Waals surface area contributed by atoms with Gasteiger partial charge in [0.1, 0.15) is 15.6 Å². The van der Waals surface area contributed by atoms with Crippen LogP contribution in [0.3, 0.4) is 0 Å². The first-order valence-corrected chi connectivity index (χ1v) is 8.61. The molecule has 0 fully saturated rings. The molecule has 17 heavy (non-hydrogen) atoms. The smallest absolute Gasteiger partial charge is 0.148 e. The highest BCUT2D eigenvalue weighted by Gasteiger charge is 2.06. The van der Waals surface area contributed by atoms with E-state index in [0.29, 0.717) is 17.5 Å². The summed E-state index contributed by atoms with van der Waals surface area (Å²) in [5.74, 6) is 1.82. The van der Waals surface area contributed by atoms with Gasteiger partial charge >= 0.3 is 0 Å². The summed E-state index contributed by atoms with van der Waals surface area (Å²) in [6.45, 7) is 3.64. The molecule has 0 saturated carbocycles. The molecule has 1 N–H and O–H groups in total. The maximum absolute atomic E-state index is 10.9. The maximum atomic E-state index is 10.9. The summed E-state index contributed by atoms with van der Waals surface area (Å²) >= 11 is 1.67. The van der Waals surface area contributed by atoms with Gasteiger partial charge in [0.25, 0.3) is 0 Å². The summed E-state index contributed by atoms with van der Waals surface area (Å²) in [5, 5.41) is 3.67. The topological polar surface area (TPSA) is 59.3 Å². The highest BCUT2D eigenvalue weighted by atomic mass is 32.2. The summed E-state index contributed by atoms with van der Waals surface area (Å²) in [6, 6.07) is 3.79. The van der Waals surface area contributed by atoms with Crippen LogP contribution in [0.15, 0.2) is 22.8 Å². The van der Waals surface area contributed by atoms with Crippen molar-refractivity contribution in [1.29, 1.82) is 0 Å². The largest absolute Gasteiger partial charge is 0.468 e. The first kappa shape index (κ1) is 14.6. The van der Waals surface area contributed by atoms with Gasteiger partial charge in [-0.1, -0.05) is 6.92 Å². The number of furan rings is 1. The molecule has 0 amide bonds. The third-order valence-corrected chi connectivity index (χ3v) is 4.55. The van der Waals surface area contributed by atoms with Crippen LogP contribution in [0.5, 0.6) is 0 Å². The first-order valence-electron chi connectivity index (χ1n) is 5.50. The van der Waals surface area contributed by atoms with Crippen molar-refractivity contribution >= 4 is 21.6 Å².